The molecule has 2 aliphatic heterocycles. The van der Waals surface area contributed by atoms with Crippen LogP contribution in [0.2, 0.25) is 5.02 Å². The number of aliphatic imine (C=N–C) groups is 1. The van der Waals surface area contributed by atoms with Crippen LogP contribution in [0.15, 0.2) is 56.5 Å². The van der Waals surface area contributed by atoms with Crippen molar-refractivity contribution in [3.05, 3.63) is 52.8 Å². The molecule has 1 N–H and O–H groups in total. The van der Waals surface area contributed by atoms with Crippen molar-refractivity contribution in [1.82, 2.24) is 5.01 Å². The molecule has 3 heterocycles. The van der Waals surface area contributed by atoms with Crippen molar-refractivity contribution in [3.63, 3.8) is 0 Å². The van der Waals surface area contributed by atoms with Crippen LogP contribution in [0, 0.1) is 28.6 Å². The first-order valence-electron chi connectivity index (χ1n) is 11.8. The highest BCUT2D eigenvalue weighted by atomic mass is 35.5. The summed E-state index contributed by atoms with van der Waals surface area (Å²) in [5.41, 5.74) is 1.15. The number of nitrogens with one attached hydrogen (secondary N) is 1. The molecule has 4 aliphatic carbocycles. The van der Waals surface area contributed by atoms with E-state index in [-0.39, 0.29) is 16.8 Å². The summed E-state index contributed by atoms with van der Waals surface area (Å²) >= 11 is 7.60. The van der Waals surface area contributed by atoms with Crippen molar-refractivity contribution in [2.45, 2.75) is 38.5 Å². The Morgan fingerprint density at radius 2 is 1.85 bits per heavy atom. The van der Waals surface area contributed by atoms with Gasteiger partial charge in [-0.25, -0.2) is 0 Å². The Morgan fingerprint density at radius 3 is 2.56 bits per heavy atom. The monoisotopic (exact) mass is 490 g/mol. The van der Waals surface area contributed by atoms with Crippen molar-refractivity contribution in [1.29, 1.82) is 5.41 Å². The number of benzene rings is 1. The fourth-order valence-electron chi connectivity index (χ4n) is 6.95. The molecule has 1 aromatic heterocycles. The smallest absolute Gasteiger partial charge is 0.283 e. The minimum absolute atomic E-state index is 0.0583. The van der Waals surface area contributed by atoms with Crippen molar-refractivity contribution in [3.8, 4) is 11.3 Å². The van der Waals surface area contributed by atoms with Crippen LogP contribution in [0.25, 0.3) is 17.4 Å². The number of fused-ring (bicyclic) bond motifs is 1. The summed E-state index contributed by atoms with van der Waals surface area (Å²) in [4.78, 5) is 17.2. The molecular weight excluding hydrogens is 468 g/mol. The Labute approximate surface area is 206 Å². The van der Waals surface area contributed by atoms with E-state index in [9.17, 15) is 4.79 Å². The van der Waals surface area contributed by atoms with E-state index < -0.39 is 5.91 Å². The third-order valence-electron chi connectivity index (χ3n) is 7.97. The van der Waals surface area contributed by atoms with Crippen molar-refractivity contribution in [2.24, 2.45) is 33.3 Å². The average molecular weight is 491 g/mol. The van der Waals surface area contributed by atoms with Gasteiger partial charge in [0.15, 0.2) is 5.84 Å². The van der Waals surface area contributed by atoms with Crippen LogP contribution < -0.4 is 0 Å². The first-order chi connectivity index (χ1) is 16.5. The van der Waals surface area contributed by atoms with E-state index in [1.54, 1.807) is 23.2 Å². The first kappa shape index (κ1) is 20.7. The maximum Gasteiger partial charge on any atom is 0.283 e. The minimum Gasteiger partial charge on any atom is -0.457 e. The van der Waals surface area contributed by atoms with E-state index in [0.29, 0.717) is 21.7 Å². The molecule has 8 rings (SSSR count). The largest absolute Gasteiger partial charge is 0.457 e. The molecule has 6 aliphatic rings. The number of hydrogen-bond donors (Lipinski definition) is 1. The molecule has 0 atom stereocenters. The number of carbonyl (C=O) groups is 1. The zero-order valence-electron chi connectivity index (χ0n) is 18.5. The van der Waals surface area contributed by atoms with Crippen molar-refractivity contribution < 1.29 is 9.21 Å². The molecule has 172 valence electrons. The molecule has 2 aromatic rings. The number of hydrazone groups is 1. The molecule has 4 saturated carbocycles. The Hall–Kier alpha value is -2.64. The Kier molecular flexibility index (Phi) is 4.52. The summed E-state index contributed by atoms with van der Waals surface area (Å²) in [5.74, 6) is 3.18. The number of carbonyl (C=O) groups excluding carboxylic acids is 1. The Morgan fingerprint density at radius 1 is 1.12 bits per heavy atom. The van der Waals surface area contributed by atoms with E-state index in [4.69, 9.17) is 26.5 Å². The molecule has 4 fully saturated rings. The number of hydrogen-bond acceptors (Lipinski definition) is 5. The highest BCUT2D eigenvalue weighted by molar-refractivity contribution is 8.27. The van der Waals surface area contributed by atoms with Gasteiger partial charge in [-0.15, -0.1) is 0 Å². The number of nitrogens with zero attached hydrogens (tertiary/aromatic N) is 3. The van der Waals surface area contributed by atoms with Gasteiger partial charge in [0.25, 0.3) is 5.91 Å². The van der Waals surface area contributed by atoms with Gasteiger partial charge in [-0.05, 0) is 98.4 Å². The second-order valence-corrected chi connectivity index (χ2v) is 11.7. The lowest BCUT2D eigenvalue weighted by Crippen LogP contribution is -2.49. The van der Waals surface area contributed by atoms with Crippen LogP contribution >= 0.6 is 23.4 Å². The SMILES string of the molecule is N=C1/C(=C/c2ccc(-c3cccc(Cl)c3)o2)C(=O)N=C2SC(C34CC5CC(CC(C5)C3)C4)=NN12. The highest BCUT2D eigenvalue weighted by Gasteiger charge is 2.55. The summed E-state index contributed by atoms with van der Waals surface area (Å²) in [6.45, 7) is 0. The number of thioether (sulfide) groups is 1. The van der Waals surface area contributed by atoms with E-state index in [1.807, 2.05) is 24.3 Å². The first-order valence-corrected chi connectivity index (χ1v) is 13.0. The van der Waals surface area contributed by atoms with Crippen molar-refractivity contribution in [2.75, 3.05) is 0 Å². The fraction of sp³-hybridized carbons (Fsp3) is 0.385. The Balaban J connectivity index is 1.18. The molecule has 4 bridgehead atoms. The van der Waals surface area contributed by atoms with Gasteiger partial charge in [0, 0.05) is 16.0 Å². The summed E-state index contributed by atoms with van der Waals surface area (Å²) < 4.78 is 5.93. The highest BCUT2D eigenvalue weighted by Crippen LogP contribution is 2.62. The van der Waals surface area contributed by atoms with Crippen LogP contribution in [-0.4, -0.2) is 27.0 Å². The molecule has 0 unspecified atom stereocenters. The van der Waals surface area contributed by atoms with Crippen LogP contribution in [0.5, 0.6) is 0 Å². The van der Waals surface area contributed by atoms with Crippen LogP contribution in [0.4, 0.5) is 0 Å². The van der Waals surface area contributed by atoms with E-state index in [0.717, 1.165) is 28.4 Å². The number of furan rings is 1. The summed E-state index contributed by atoms with van der Waals surface area (Å²) in [7, 11) is 0. The summed E-state index contributed by atoms with van der Waals surface area (Å²) in [6.07, 6.45) is 9.25. The maximum absolute atomic E-state index is 12.9. The molecule has 0 spiro atoms. The molecule has 34 heavy (non-hydrogen) atoms. The number of amidine groups is 2. The standard InChI is InChI=1S/C26H23ClN4O2S/c27-18-3-1-2-17(9-18)21-5-4-19(33-21)10-20-22(28)31-25(29-23(20)32)34-24(30-31)26-11-14-6-15(12-26)8-16(7-14)13-26/h1-5,9-10,14-16,28H,6-8,11-13H2/b20-10-,28-22?. The second-order valence-electron chi connectivity index (χ2n) is 10.3. The van der Waals surface area contributed by atoms with E-state index >= 15 is 0 Å². The molecular formula is C26H23ClN4O2S. The lowest BCUT2D eigenvalue weighted by atomic mass is 9.50. The third kappa shape index (κ3) is 3.24. The van der Waals surface area contributed by atoms with Crippen LogP contribution in [0.3, 0.4) is 0 Å². The molecule has 1 amide bonds. The summed E-state index contributed by atoms with van der Waals surface area (Å²) in [6, 6.07) is 11.0. The lowest BCUT2D eigenvalue weighted by molar-refractivity contribution is -0.114. The normalized spacial score (nSPS) is 32.9. The second kappa shape index (κ2) is 7.43. The van der Waals surface area contributed by atoms with Gasteiger partial charge in [-0.3, -0.25) is 10.2 Å². The van der Waals surface area contributed by atoms with Gasteiger partial charge < -0.3 is 4.42 Å². The summed E-state index contributed by atoms with van der Waals surface area (Å²) in [5, 5.41) is 17.4. The van der Waals surface area contributed by atoms with Gasteiger partial charge in [0.05, 0.1) is 5.57 Å². The van der Waals surface area contributed by atoms with Crippen LogP contribution in [-0.2, 0) is 4.79 Å². The van der Waals surface area contributed by atoms with Crippen LogP contribution in [0.1, 0.15) is 44.3 Å². The predicted octanol–water partition coefficient (Wildman–Crippen LogP) is 6.44. The molecule has 0 saturated heterocycles. The third-order valence-corrected chi connectivity index (χ3v) is 9.36. The molecule has 6 nitrogen and oxygen atoms in total. The molecule has 1 aromatic carbocycles. The van der Waals surface area contributed by atoms with Gasteiger partial charge in [0.1, 0.15) is 16.6 Å². The van der Waals surface area contributed by atoms with E-state index in [1.165, 1.54) is 50.3 Å². The van der Waals surface area contributed by atoms with Crippen molar-refractivity contribution >= 4 is 51.4 Å². The average Bonchev–Trinajstić information content (AvgIpc) is 3.44. The lowest BCUT2D eigenvalue weighted by Gasteiger charge is -2.56. The zero-order valence-corrected chi connectivity index (χ0v) is 20.0. The molecule has 0 radical (unpaired) electrons. The van der Waals surface area contributed by atoms with Gasteiger partial charge in [0.2, 0.25) is 5.17 Å². The van der Waals surface area contributed by atoms with Gasteiger partial charge in [-0.1, -0.05) is 23.7 Å². The zero-order chi connectivity index (χ0) is 23.0. The Bertz CT molecular complexity index is 1300. The quantitative estimate of drug-likeness (QED) is 0.502. The number of amides is 1. The van der Waals surface area contributed by atoms with Gasteiger partial charge in [-0.2, -0.15) is 15.1 Å². The van der Waals surface area contributed by atoms with Gasteiger partial charge >= 0.3 is 0 Å². The van der Waals surface area contributed by atoms with E-state index in [2.05, 4.69) is 4.99 Å². The predicted molar refractivity (Wildman–Crippen MR) is 135 cm³/mol. The molecule has 8 heteroatoms. The topological polar surface area (TPSA) is 82.0 Å². The number of halogens is 1. The minimum atomic E-state index is -0.425. The maximum atomic E-state index is 12.9. The number of rotatable bonds is 3. The fourth-order valence-corrected chi connectivity index (χ4v) is 8.25.